The number of phosphoric acid groups is 1. The van der Waals surface area contributed by atoms with E-state index in [1.54, 1.807) is 12.1 Å². The highest BCUT2D eigenvalue weighted by atomic mass is 31.2. The van der Waals surface area contributed by atoms with Gasteiger partial charge in [0.05, 0.1) is 26.1 Å². The van der Waals surface area contributed by atoms with Crippen LogP contribution >= 0.6 is 7.82 Å². The van der Waals surface area contributed by atoms with Gasteiger partial charge in [-0.05, 0) is 12.1 Å². The molecule has 0 radical (unpaired) electrons. The first-order chi connectivity index (χ1) is 9.38. The molecular formula is C11H19N2O7P. The van der Waals surface area contributed by atoms with Gasteiger partial charge in [-0.2, -0.15) is 0 Å². The molecule has 0 unspecified atom stereocenters. The molecule has 0 heterocycles. The second-order valence-corrected chi connectivity index (χ2v) is 6.09. The fourth-order valence-corrected chi connectivity index (χ4v) is 1.10. The second kappa shape index (κ2) is 8.06. The van der Waals surface area contributed by atoms with Crippen LogP contribution < -0.4 is 9.63 Å². The number of nitro groups is 1. The van der Waals surface area contributed by atoms with Crippen LogP contribution in [0, 0.1) is 10.1 Å². The minimum Gasteiger partial charge on any atom is -0.756 e. The van der Waals surface area contributed by atoms with Crippen molar-refractivity contribution in [1.29, 1.82) is 0 Å². The van der Waals surface area contributed by atoms with Gasteiger partial charge in [-0.25, -0.2) is 0 Å². The van der Waals surface area contributed by atoms with Crippen molar-refractivity contribution in [2.24, 2.45) is 0 Å². The van der Waals surface area contributed by atoms with E-state index in [9.17, 15) is 10.1 Å². The van der Waals surface area contributed by atoms with Crippen molar-refractivity contribution in [2.75, 3.05) is 34.3 Å². The third-order valence-electron chi connectivity index (χ3n) is 2.08. The molecule has 21 heavy (non-hydrogen) atoms. The molecule has 9 nitrogen and oxygen atoms in total. The molecule has 0 spiro atoms. The summed E-state index contributed by atoms with van der Waals surface area (Å²) in [5.74, 6) is 0.666. The number of hydrogen-bond acceptors (Lipinski definition) is 5. The normalized spacial score (nSPS) is 11.3. The van der Waals surface area contributed by atoms with Crippen LogP contribution in [-0.2, 0) is 4.57 Å². The summed E-state index contributed by atoms with van der Waals surface area (Å²) in [6.45, 7) is 1.48. The zero-order valence-corrected chi connectivity index (χ0v) is 12.9. The van der Waals surface area contributed by atoms with Gasteiger partial charge in [-0.15, -0.1) is 0 Å². The van der Waals surface area contributed by atoms with Crippen molar-refractivity contribution in [1.82, 2.24) is 0 Å². The molecule has 1 aromatic rings. The molecule has 120 valence electrons. The van der Waals surface area contributed by atoms with Crippen LogP contribution in [0.15, 0.2) is 24.3 Å². The molecule has 10 heteroatoms. The highest BCUT2D eigenvalue weighted by Gasteiger charge is 2.08. The molecule has 0 aromatic heterocycles. The van der Waals surface area contributed by atoms with Crippen molar-refractivity contribution in [2.45, 2.75) is 0 Å². The van der Waals surface area contributed by atoms with Crippen LogP contribution in [0.25, 0.3) is 0 Å². The number of benzene rings is 1. The molecule has 0 aliphatic rings. The van der Waals surface area contributed by atoms with E-state index < -0.39 is 12.7 Å². The molecule has 0 atom stereocenters. The Labute approximate surface area is 122 Å². The zero-order valence-electron chi connectivity index (χ0n) is 12.0. The van der Waals surface area contributed by atoms with E-state index in [0.29, 0.717) is 12.4 Å². The third kappa shape index (κ3) is 13.2. The SMILES string of the molecule is C[N+](C)(C)CCOc1ccc([N+](=O)[O-])cc1.O=P([O-])(O)O. The van der Waals surface area contributed by atoms with E-state index in [4.69, 9.17) is 24.0 Å². The van der Waals surface area contributed by atoms with Gasteiger partial charge in [0.1, 0.15) is 18.9 Å². The summed E-state index contributed by atoms with van der Waals surface area (Å²) in [6.07, 6.45) is 0. The van der Waals surface area contributed by atoms with Crippen LogP contribution in [-0.4, -0.2) is 53.5 Å². The number of hydrogen-bond donors (Lipinski definition) is 2. The maximum absolute atomic E-state index is 10.4. The predicted molar refractivity (Wildman–Crippen MR) is 73.5 cm³/mol. The Morgan fingerprint density at radius 1 is 1.24 bits per heavy atom. The summed E-state index contributed by atoms with van der Waals surface area (Å²) in [5.41, 5.74) is 0.0824. The maximum Gasteiger partial charge on any atom is 0.269 e. The smallest absolute Gasteiger partial charge is 0.269 e. The summed E-state index contributed by atoms with van der Waals surface area (Å²) in [5, 5.41) is 10.4. The van der Waals surface area contributed by atoms with E-state index in [-0.39, 0.29) is 5.69 Å². The Hall–Kier alpha value is -1.51. The first-order valence-electron chi connectivity index (χ1n) is 5.83. The summed E-state index contributed by atoms with van der Waals surface area (Å²) >= 11 is 0. The van der Waals surface area contributed by atoms with Gasteiger partial charge in [0.15, 0.2) is 0 Å². The highest BCUT2D eigenvalue weighted by molar-refractivity contribution is 7.43. The Morgan fingerprint density at radius 3 is 2.00 bits per heavy atom. The monoisotopic (exact) mass is 322 g/mol. The Kier molecular flexibility index (Phi) is 7.48. The maximum atomic E-state index is 10.4. The van der Waals surface area contributed by atoms with Crippen molar-refractivity contribution in [3.8, 4) is 5.75 Å². The van der Waals surface area contributed by atoms with Crippen LogP contribution in [0.4, 0.5) is 5.69 Å². The van der Waals surface area contributed by atoms with Gasteiger partial charge in [0, 0.05) is 12.1 Å². The molecule has 0 aliphatic heterocycles. The predicted octanol–water partition coefficient (Wildman–Crippen LogP) is 0.119. The Bertz CT molecular complexity index is 484. The van der Waals surface area contributed by atoms with Gasteiger partial charge in [-0.3, -0.25) is 14.7 Å². The lowest BCUT2D eigenvalue weighted by atomic mass is 10.3. The molecule has 0 bridgehead atoms. The molecule has 0 amide bonds. The van der Waals surface area contributed by atoms with E-state index in [1.165, 1.54) is 12.1 Å². The van der Waals surface area contributed by atoms with Crippen LogP contribution in [0.5, 0.6) is 5.75 Å². The largest absolute Gasteiger partial charge is 0.756 e. The summed E-state index contributed by atoms with van der Waals surface area (Å²) in [7, 11) is 1.36. The van der Waals surface area contributed by atoms with Crippen molar-refractivity contribution < 1.29 is 33.4 Å². The number of nitrogens with zero attached hydrogens (tertiary/aromatic N) is 2. The van der Waals surface area contributed by atoms with E-state index in [0.717, 1.165) is 11.0 Å². The fourth-order valence-electron chi connectivity index (χ4n) is 1.10. The summed E-state index contributed by atoms with van der Waals surface area (Å²) in [4.78, 5) is 32.9. The Morgan fingerprint density at radius 2 is 1.67 bits per heavy atom. The van der Waals surface area contributed by atoms with Crippen molar-refractivity contribution in [3.05, 3.63) is 34.4 Å². The average Bonchev–Trinajstić information content (AvgIpc) is 2.25. The lowest BCUT2D eigenvalue weighted by Crippen LogP contribution is -2.38. The average molecular weight is 322 g/mol. The molecule has 0 aliphatic carbocycles. The van der Waals surface area contributed by atoms with E-state index in [2.05, 4.69) is 21.1 Å². The van der Waals surface area contributed by atoms with Gasteiger partial charge < -0.3 is 23.9 Å². The number of nitro benzene ring substituents is 1. The molecule has 1 aromatic carbocycles. The molecule has 0 fully saturated rings. The first kappa shape index (κ1) is 19.5. The number of non-ortho nitro benzene ring substituents is 1. The first-order valence-corrected chi connectivity index (χ1v) is 7.36. The van der Waals surface area contributed by atoms with Crippen molar-refractivity contribution in [3.63, 3.8) is 0 Å². The van der Waals surface area contributed by atoms with Crippen LogP contribution in [0.3, 0.4) is 0 Å². The fraction of sp³-hybridized carbons (Fsp3) is 0.455. The molecule has 1 rings (SSSR count). The lowest BCUT2D eigenvalue weighted by Gasteiger charge is -2.23. The summed E-state index contributed by atoms with van der Waals surface area (Å²) in [6, 6.07) is 6.13. The van der Waals surface area contributed by atoms with E-state index >= 15 is 0 Å². The van der Waals surface area contributed by atoms with Crippen LogP contribution in [0.2, 0.25) is 0 Å². The van der Waals surface area contributed by atoms with Crippen LogP contribution in [0.1, 0.15) is 0 Å². The number of ether oxygens (including phenoxy) is 1. The summed E-state index contributed by atoms with van der Waals surface area (Å²) < 4.78 is 15.1. The Balaban J connectivity index is 0.000000690. The highest BCUT2D eigenvalue weighted by Crippen LogP contribution is 2.19. The van der Waals surface area contributed by atoms with Gasteiger partial charge in [0.2, 0.25) is 0 Å². The zero-order chi connectivity index (χ0) is 16.7. The second-order valence-electron chi connectivity index (χ2n) is 5.10. The molecular weight excluding hydrogens is 303 g/mol. The lowest BCUT2D eigenvalue weighted by molar-refractivity contribution is -0.870. The number of quaternary nitrogens is 1. The minimum atomic E-state index is -4.89. The third-order valence-corrected chi connectivity index (χ3v) is 2.08. The molecule has 0 saturated heterocycles. The minimum absolute atomic E-state index is 0.0824. The topological polar surface area (TPSA) is 133 Å². The molecule has 2 N–H and O–H groups in total. The van der Waals surface area contributed by atoms with E-state index in [1.807, 2.05) is 0 Å². The molecule has 0 saturated carbocycles. The van der Waals surface area contributed by atoms with Gasteiger partial charge >= 0.3 is 0 Å². The van der Waals surface area contributed by atoms with Gasteiger partial charge in [0.25, 0.3) is 13.5 Å². The van der Waals surface area contributed by atoms with Crippen molar-refractivity contribution >= 4 is 13.5 Å². The number of rotatable bonds is 5. The standard InChI is InChI=1S/C11H17N2O3.H3O4P/c1-13(2,3)8-9-16-11-6-4-10(5-7-11)12(14)15;1-5(2,3)4/h4-7H,8-9H2,1-3H3;(H3,1,2,3,4)/q+1;/p-1. The quantitative estimate of drug-likeness (QED) is 0.340. The number of likely N-dealkylation sites (N-methyl/N-ethyl adjacent to an activating group) is 1. The van der Waals surface area contributed by atoms with Gasteiger partial charge in [-0.1, -0.05) is 0 Å².